The first-order chi connectivity index (χ1) is 8.97. The van der Waals surface area contributed by atoms with E-state index in [0.717, 1.165) is 0 Å². The minimum absolute atomic E-state index is 0.245. The van der Waals surface area contributed by atoms with Gasteiger partial charge in [0.2, 0.25) is 0 Å². The molecule has 20 heavy (non-hydrogen) atoms. The molecule has 0 saturated heterocycles. The molecule has 3 nitrogen and oxygen atoms in total. The summed E-state index contributed by atoms with van der Waals surface area (Å²) in [4.78, 5) is 12.1. The van der Waals surface area contributed by atoms with E-state index >= 15 is 0 Å². The molecule has 0 aromatic heterocycles. The SMILES string of the molecule is CC(C(=O)OC(C)(C)C)C(C)(O)c1cccc(Cl)c1Cl. The maximum atomic E-state index is 12.1. The Bertz CT molecular complexity index is 504. The molecule has 0 aliphatic heterocycles. The first-order valence-electron chi connectivity index (χ1n) is 6.36. The zero-order valence-corrected chi connectivity index (χ0v) is 13.8. The van der Waals surface area contributed by atoms with Crippen molar-refractivity contribution in [1.82, 2.24) is 0 Å². The van der Waals surface area contributed by atoms with E-state index in [1.165, 1.54) is 6.92 Å². The van der Waals surface area contributed by atoms with Gasteiger partial charge in [-0.15, -0.1) is 0 Å². The summed E-state index contributed by atoms with van der Waals surface area (Å²) < 4.78 is 5.30. The summed E-state index contributed by atoms with van der Waals surface area (Å²) in [5, 5.41) is 11.3. The van der Waals surface area contributed by atoms with Gasteiger partial charge in [-0.2, -0.15) is 0 Å². The number of aliphatic hydroxyl groups is 1. The molecule has 0 fully saturated rings. The lowest BCUT2D eigenvalue weighted by atomic mass is 9.84. The number of esters is 1. The predicted octanol–water partition coefficient (Wildman–Crippen LogP) is 4.18. The number of hydrogen-bond acceptors (Lipinski definition) is 3. The van der Waals surface area contributed by atoms with Gasteiger partial charge in [0.05, 0.1) is 16.0 Å². The second-order valence-electron chi connectivity index (χ2n) is 6.00. The summed E-state index contributed by atoms with van der Waals surface area (Å²) in [5.41, 5.74) is -1.67. The van der Waals surface area contributed by atoms with Crippen molar-refractivity contribution in [2.45, 2.75) is 45.8 Å². The van der Waals surface area contributed by atoms with E-state index in [2.05, 4.69) is 0 Å². The van der Waals surface area contributed by atoms with Crippen LogP contribution in [-0.4, -0.2) is 16.7 Å². The van der Waals surface area contributed by atoms with Gasteiger partial charge in [-0.05, 0) is 40.7 Å². The largest absolute Gasteiger partial charge is 0.460 e. The van der Waals surface area contributed by atoms with Crippen molar-refractivity contribution < 1.29 is 14.6 Å². The summed E-state index contributed by atoms with van der Waals surface area (Å²) in [6.45, 7) is 8.46. The molecule has 0 saturated carbocycles. The molecule has 112 valence electrons. The lowest BCUT2D eigenvalue weighted by Crippen LogP contribution is -2.39. The molecule has 0 aliphatic carbocycles. The molecule has 0 bridgehead atoms. The van der Waals surface area contributed by atoms with Crippen molar-refractivity contribution in [2.24, 2.45) is 5.92 Å². The molecule has 0 spiro atoms. The zero-order valence-electron chi connectivity index (χ0n) is 12.3. The van der Waals surface area contributed by atoms with Crippen LogP contribution in [0.15, 0.2) is 18.2 Å². The molecule has 5 heteroatoms. The molecule has 1 aromatic rings. The number of carbonyl (C=O) groups is 1. The Kier molecular flexibility index (Phi) is 5.12. The van der Waals surface area contributed by atoms with Gasteiger partial charge < -0.3 is 9.84 Å². The van der Waals surface area contributed by atoms with Crippen molar-refractivity contribution in [3.05, 3.63) is 33.8 Å². The standard InChI is InChI=1S/C15H20Cl2O3/c1-9(13(18)20-14(2,3)4)15(5,19)10-7-6-8-11(16)12(10)17/h6-9,19H,1-5H3. The Morgan fingerprint density at radius 1 is 1.25 bits per heavy atom. The smallest absolute Gasteiger partial charge is 0.312 e. The molecule has 0 heterocycles. The molecule has 2 atom stereocenters. The maximum Gasteiger partial charge on any atom is 0.312 e. The fourth-order valence-corrected chi connectivity index (χ4v) is 2.24. The van der Waals surface area contributed by atoms with Crippen molar-refractivity contribution in [3.63, 3.8) is 0 Å². The molecule has 0 radical (unpaired) electrons. The molecule has 0 aliphatic rings. The summed E-state index contributed by atoms with van der Waals surface area (Å²) in [6.07, 6.45) is 0. The highest BCUT2D eigenvalue weighted by atomic mass is 35.5. The van der Waals surface area contributed by atoms with Crippen LogP contribution in [0.2, 0.25) is 10.0 Å². The van der Waals surface area contributed by atoms with E-state index < -0.39 is 23.1 Å². The fraction of sp³-hybridized carbons (Fsp3) is 0.533. The Morgan fingerprint density at radius 2 is 1.80 bits per heavy atom. The van der Waals surface area contributed by atoms with Crippen molar-refractivity contribution >= 4 is 29.2 Å². The van der Waals surface area contributed by atoms with E-state index in [1.807, 2.05) is 0 Å². The van der Waals surface area contributed by atoms with Crippen LogP contribution in [0.3, 0.4) is 0 Å². The number of rotatable bonds is 3. The number of hydrogen-bond donors (Lipinski definition) is 1. The number of carbonyl (C=O) groups excluding carboxylic acids is 1. The highest BCUT2D eigenvalue weighted by molar-refractivity contribution is 6.42. The molecular weight excluding hydrogens is 299 g/mol. The van der Waals surface area contributed by atoms with Crippen LogP contribution in [0.5, 0.6) is 0 Å². The molecule has 1 rings (SSSR count). The number of ether oxygens (including phenoxy) is 1. The highest BCUT2D eigenvalue weighted by Gasteiger charge is 2.39. The summed E-state index contributed by atoms with van der Waals surface area (Å²) in [5.74, 6) is -1.27. The van der Waals surface area contributed by atoms with Crippen LogP contribution in [-0.2, 0) is 15.1 Å². The third kappa shape index (κ3) is 3.87. The topological polar surface area (TPSA) is 46.5 Å². The lowest BCUT2D eigenvalue weighted by molar-refractivity contribution is -0.168. The Morgan fingerprint density at radius 3 is 2.30 bits per heavy atom. The molecule has 1 aromatic carbocycles. The van der Waals surface area contributed by atoms with E-state index in [4.69, 9.17) is 27.9 Å². The predicted molar refractivity (Wildman–Crippen MR) is 81.0 cm³/mol. The number of halogens is 2. The van der Waals surface area contributed by atoms with Crippen molar-refractivity contribution in [2.75, 3.05) is 0 Å². The van der Waals surface area contributed by atoms with E-state index in [1.54, 1.807) is 45.9 Å². The minimum Gasteiger partial charge on any atom is -0.460 e. The summed E-state index contributed by atoms with van der Waals surface area (Å²) in [7, 11) is 0. The Labute approximate surface area is 129 Å². The quantitative estimate of drug-likeness (QED) is 0.850. The van der Waals surface area contributed by atoms with Crippen LogP contribution < -0.4 is 0 Å². The minimum atomic E-state index is -1.47. The van der Waals surface area contributed by atoms with Gasteiger partial charge in [0.15, 0.2) is 0 Å². The molecule has 0 amide bonds. The average Bonchev–Trinajstić information content (AvgIpc) is 2.29. The van der Waals surface area contributed by atoms with Gasteiger partial charge in [-0.25, -0.2) is 0 Å². The normalized spacial score (nSPS) is 16.4. The second-order valence-corrected chi connectivity index (χ2v) is 6.79. The van der Waals surface area contributed by atoms with E-state index in [-0.39, 0.29) is 5.02 Å². The maximum absolute atomic E-state index is 12.1. The monoisotopic (exact) mass is 318 g/mol. The van der Waals surface area contributed by atoms with Crippen LogP contribution in [0.4, 0.5) is 0 Å². The van der Waals surface area contributed by atoms with Gasteiger partial charge in [-0.1, -0.05) is 35.3 Å². The summed E-state index contributed by atoms with van der Waals surface area (Å²) >= 11 is 12.1. The first-order valence-corrected chi connectivity index (χ1v) is 7.12. The third-order valence-corrected chi connectivity index (χ3v) is 3.92. The fourth-order valence-electron chi connectivity index (χ4n) is 1.75. The summed E-state index contributed by atoms with van der Waals surface area (Å²) in [6, 6.07) is 4.95. The molecule has 2 unspecified atom stereocenters. The van der Waals surface area contributed by atoms with Gasteiger partial charge in [0.25, 0.3) is 0 Å². The van der Waals surface area contributed by atoms with Gasteiger partial charge in [0.1, 0.15) is 11.2 Å². The average molecular weight is 319 g/mol. The molecular formula is C15H20Cl2O3. The Balaban J connectivity index is 3.09. The van der Waals surface area contributed by atoms with E-state index in [9.17, 15) is 9.90 Å². The highest BCUT2D eigenvalue weighted by Crippen LogP contribution is 2.38. The van der Waals surface area contributed by atoms with Crippen molar-refractivity contribution in [3.8, 4) is 0 Å². The number of benzene rings is 1. The van der Waals surface area contributed by atoms with Crippen LogP contribution in [0.25, 0.3) is 0 Å². The van der Waals surface area contributed by atoms with Gasteiger partial charge >= 0.3 is 5.97 Å². The molecule has 1 N–H and O–H groups in total. The van der Waals surface area contributed by atoms with Crippen LogP contribution in [0, 0.1) is 5.92 Å². The zero-order chi connectivity index (χ0) is 15.7. The first kappa shape index (κ1) is 17.3. The Hall–Kier alpha value is -0.770. The van der Waals surface area contributed by atoms with Gasteiger partial charge in [-0.3, -0.25) is 4.79 Å². The third-order valence-electron chi connectivity index (χ3n) is 3.10. The van der Waals surface area contributed by atoms with Gasteiger partial charge in [0, 0.05) is 5.56 Å². The van der Waals surface area contributed by atoms with E-state index in [0.29, 0.717) is 10.6 Å². The van der Waals surface area contributed by atoms with Crippen LogP contribution >= 0.6 is 23.2 Å². The second kappa shape index (κ2) is 5.92. The van der Waals surface area contributed by atoms with Crippen LogP contribution in [0.1, 0.15) is 40.2 Å². The lowest BCUT2D eigenvalue weighted by Gasteiger charge is -2.32. The van der Waals surface area contributed by atoms with Crippen molar-refractivity contribution in [1.29, 1.82) is 0 Å².